The minimum atomic E-state index is -0.0898. The Morgan fingerprint density at radius 3 is 3.05 bits per heavy atom. The minimum Gasteiger partial charge on any atom is -0.497 e. The first kappa shape index (κ1) is 14.1. The Labute approximate surface area is 128 Å². The summed E-state index contributed by atoms with van der Waals surface area (Å²) in [4.78, 5) is 16.5. The van der Waals surface area contributed by atoms with Gasteiger partial charge >= 0.3 is 0 Å². The number of amides is 1. The van der Waals surface area contributed by atoms with Gasteiger partial charge in [-0.05, 0) is 49.4 Å². The number of ether oxygens (including phenoxy) is 1. The number of carbonyl (C=O) groups is 1. The maximum absolute atomic E-state index is 12.3. The van der Waals surface area contributed by atoms with Crippen molar-refractivity contribution in [3.63, 3.8) is 0 Å². The molecule has 0 spiro atoms. The summed E-state index contributed by atoms with van der Waals surface area (Å²) in [6.45, 7) is 1.91. The Morgan fingerprint density at radius 1 is 1.48 bits per heavy atom. The molecule has 110 valence electrons. The van der Waals surface area contributed by atoms with Crippen LogP contribution in [-0.4, -0.2) is 18.0 Å². The van der Waals surface area contributed by atoms with Crippen LogP contribution in [0.2, 0.25) is 0 Å². The number of fused-ring (bicyclic) bond motifs is 1. The van der Waals surface area contributed by atoms with Gasteiger partial charge in [-0.3, -0.25) is 4.79 Å². The number of aromatic nitrogens is 1. The van der Waals surface area contributed by atoms with Crippen molar-refractivity contribution in [2.24, 2.45) is 0 Å². The van der Waals surface area contributed by atoms with E-state index in [-0.39, 0.29) is 11.9 Å². The van der Waals surface area contributed by atoms with E-state index in [0.29, 0.717) is 5.69 Å². The first-order chi connectivity index (χ1) is 10.2. The highest BCUT2D eigenvalue weighted by Gasteiger charge is 2.23. The Balaban J connectivity index is 1.80. The zero-order valence-electron chi connectivity index (χ0n) is 12.2. The molecule has 0 saturated heterocycles. The number of nitrogens with zero attached hydrogens (tertiary/aromatic N) is 1. The van der Waals surface area contributed by atoms with E-state index in [4.69, 9.17) is 4.74 Å². The second kappa shape index (κ2) is 5.85. The fourth-order valence-corrected chi connectivity index (χ4v) is 3.36. The van der Waals surface area contributed by atoms with Gasteiger partial charge in [-0.2, -0.15) is 0 Å². The molecule has 1 unspecified atom stereocenters. The molecule has 5 heteroatoms. The summed E-state index contributed by atoms with van der Waals surface area (Å²) in [6, 6.07) is 6.15. The molecule has 1 heterocycles. The molecule has 1 aromatic heterocycles. The average molecular weight is 302 g/mol. The van der Waals surface area contributed by atoms with Crippen LogP contribution in [0.5, 0.6) is 5.75 Å². The van der Waals surface area contributed by atoms with Gasteiger partial charge in [-0.25, -0.2) is 4.98 Å². The van der Waals surface area contributed by atoms with Gasteiger partial charge in [-0.15, -0.1) is 11.3 Å². The van der Waals surface area contributed by atoms with Crippen LogP contribution >= 0.6 is 11.3 Å². The number of hydrogen-bond donors (Lipinski definition) is 1. The van der Waals surface area contributed by atoms with Gasteiger partial charge in [-0.1, -0.05) is 6.07 Å². The number of hydrogen-bond acceptors (Lipinski definition) is 4. The molecular weight excluding hydrogens is 284 g/mol. The van der Waals surface area contributed by atoms with E-state index in [2.05, 4.69) is 22.4 Å². The van der Waals surface area contributed by atoms with E-state index in [1.54, 1.807) is 7.11 Å². The summed E-state index contributed by atoms with van der Waals surface area (Å²) < 4.78 is 5.27. The number of aryl methyl sites for hydroxylation is 2. The van der Waals surface area contributed by atoms with Crippen LogP contribution in [0.15, 0.2) is 23.6 Å². The molecule has 1 atom stereocenters. The Bertz CT molecular complexity index is 666. The van der Waals surface area contributed by atoms with E-state index < -0.39 is 0 Å². The van der Waals surface area contributed by atoms with Gasteiger partial charge < -0.3 is 10.1 Å². The molecule has 2 aromatic rings. The lowest BCUT2D eigenvalue weighted by Crippen LogP contribution is -2.31. The van der Waals surface area contributed by atoms with E-state index in [1.807, 2.05) is 18.4 Å². The van der Waals surface area contributed by atoms with Gasteiger partial charge in [0.1, 0.15) is 11.4 Å². The lowest BCUT2D eigenvalue weighted by molar-refractivity contribution is 0.0928. The van der Waals surface area contributed by atoms with E-state index in [0.717, 1.165) is 30.0 Å². The first-order valence-electron chi connectivity index (χ1n) is 7.07. The third-order valence-electron chi connectivity index (χ3n) is 3.82. The lowest BCUT2D eigenvalue weighted by Gasteiger charge is -2.26. The highest BCUT2D eigenvalue weighted by atomic mass is 32.1. The normalized spacial score (nSPS) is 17.1. The van der Waals surface area contributed by atoms with Crippen molar-refractivity contribution in [2.75, 3.05) is 7.11 Å². The SMILES string of the molecule is COc1ccc2c(c1)CCCC2NC(=O)c1csc(C)n1. The average Bonchev–Trinajstić information content (AvgIpc) is 2.93. The molecular formula is C16H18N2O2S. The van der Waals surface area contributed by atoms with Crippen LogP contribution in [0.1, 0.15) is 45.5 Å². The lowest BCUT2D eigenvalue weighted by atomic mass is 9.87. The van der Waals surface area contributed by atoms with Crippen LogP contribution in [-0.2, 0) is 6.42 Å². The molecule has 1 aliphatic carbocycles. The van der Waals surface area contributed by atoms with Crippen molar-refractivity contribution in [3.05, 3.63) is 45.4 Å². The molecule has 0 radical (unpaired) electrons. The van der Waals surface area contributed by atoms with Crippen molar-refractivity contribution >= 4 is 17.2 Å². The van der Waals surface area contributed by atoms with Crippen LogP contribution in [0.25, 0.3) is 0 Å². The summed E-state index contributed by atoms with van der Waals surface area (Å²) in [5, 5.41) is 5.83. The van der Waals surface area contributed by atoms with Gasteiger partial charge in [0.15, 0.2) is 0 Å². The van der Waals surface area contributed by atoms with Gasteiger partial charge in [0.05, 0.1) is 18.2 Å². The molecule has 1 amide bonds. The molecule has 1 N–H and O–H groups in total. The maximum Gasteiger partial charge on any atom is 0.271 e. The Morgan fingerprint density at radius 2 is 2.33 bits per heavy atom. The van der Waals surface area contributed by atoms with Gasteiger partial charge in [0, 0.05) is 5.38 Å². The number of rotatable bonds is 3. The number of methoxy groups -OCH3 is 1. The van der Waals surface area contributed by atoms with Crippen molar-refractivity contribution in [1.82, 2.24) is 10.3 Å². The number of carbonyl (C=O) groups excluding carboxylic acids is 1. The smallest absolute Gasteiger partial charge is 0.271 e. The predicted octanol–water partition coefficient (Wildman–Crippen LogP) is 3.27. The quantitative estimate of drug-likeness (QED) is 0.946. The minimum absolute atomic E-state index is 0.0640. The molecule has 0 bridgehead atoms. The van der Waals surface area contributed by atoms with E-state index in [1.165, 1.54) is 22.5 Å². The fourth-order valence-electron chi connectivity index (χ4n) is 2.77. The summed E-state index contributed by atoms with van der Waals surface area (Å²) >= 11 is 1.50. The van der Waals surface area contributed by atoms with Crippen molar-refractivity contribution in [1.29, 1.82) is 0 Å². The van der Waals surface area contributed by atoms with Crippen LogP contribution in [0.3, 0.4) is 0 Å². The van der Waals surface area contributed by atoms with Crippen molar-refractivity contribution in [2.45, 2.75) is 32.2 Å². The molecule has 21 heavy (non-hydrogen) atoms. The second-order valence-corrected chi connectivity index (χ2v) is 6.30. The predicted molar refractivity (Wildman–Crippen MR) is 83.0 cm³/mol. The Hall–Kier alpha value is -1.88. The topological polar surface area (TPSA) is 51.2 Å². The summed E-state index contributed by atoms with van der Waals surface area (Å²) in [6.07, 6.45) is 3.07. The molecule has 0 aliphatic heterocycles. The number of thiazole rings is 1. The molecule has 1 aliphatic rings. The number of benzene rings is 1. The fraction of sp³-hybridized carbons (Fsp3) is 0.375. The van der Waals surface area contributed by atoms with Crippen molar-refractivity contribution < 1.29 is 9.53 Å². The van der Waals surface area contributed by atoms with Gasteiger partial charge in [0.2, 0.25) is 0 Å². The maximum atomic E-state index is 12.3. The standard InChI is InChI=1S/C16H18N2O2S/c1-10-17-15(9-21-10)16(19)18-14-5-3-4-11-8-12(20-2)6-7-13(11)14/h6-9,14H,3-5H2,1-2H3,(H,18,19). The first-order valence-corrected chi connectivity index (χ1v) is 7.95. The van der Waals surface area contributed by atoms with Crippen molar-refractivity contribution in [3.8, 4) is 5.75 Å². The molecule has 4 nitrogen and oxygen atoms in total. The zero-order chi connectivity index (χ0) is 14.8. The second-order valence-electron chi connectivity index (χ2n) is 5.23. The van der Waals surface area contributed by atoms with E-state index >= 15 is 0 Å². The molecule has 3 rings (SSSR count). The zero-order valence-corrected chi connectivity index (χ0v) is 13.0. The summed E-state index contributed by atoms with van der Waals surface area (Å²) in [5.74, 6) is 0.781. The largest absolute Gasteiger partial charge is 0.497 e. The monoisotopic (exact) mass is 302 g/mol. The van der Waals surface area contributed by atoms with Gasteiger partial charge in [0.25, 0.3) is 5.91 Å². The van der Waals surface area contributed by atoms with Crippen LogP contribution in [0.4, 0.5) is 0 Å². The molecule has 1 aromatic carbocycles. The highest BCUT2D eigenvalue weighted by Crippen LogP contribution is 2.32. The number of nitrogens with one attached hydrogen (secondary N) is 1. The Kier molecular flexibility index (Phi) is 3.92. The third kappa shape index (κ3) is 2.93. The molecule has 0 fully saturated rings. The van der Waals surface area contributed by atoms with Crippen LogP contribution in [0, 0.1) is 6.92 Å². The van der Waals surface area contributed by atoms with Crippen LogP contribution < -0.4 is 10.1 Å². The summed E-state index contributed by atoms with van der Waals surface area (Å²) in [7, 11) is 1.67. The highest BCUT2D eigenvalue weighted by molar-refractivity contribution is 7.09. The summed E-state index contributed by atoms with van der Waals surface area (Å²) in [5.41, 5.74) is 2.97. The third-order valence-corrected chi connectivity index (χ3v) is 4.59. The van der Waals surface area contributed by atoms with E-state index in [9.17, 15) is 4.79 Å². The molecule has 0 saturated carbocycles.